The first-order chi connectivity index (χ1) is 19.6. The molecule has 16 nitrogen and oxygen atoms in total. The second-order valence-electron chi connectivity index (χ2n) is 11.3. The van der Waals surface area contributed by atoms with Gasteiger partial charge in [0, 0.05) is 32.8 Å². The Labute approximate surface area is 245 Å². The summed E-state index contributed by atoms with van der Waals surface area (Å²) in [5, 5.41) is 33.7. The highest BCUT2D eigenvalue weighted by atomic mass is 32.3. The molecular weight excluding hydrogens is 576 g/mol. The van der Waals surface area contributed by atoms with Crippen LogP contribution in [0.5, 0.6) is 0 Å². The molecule has 1 aliphatic carbocycles. The Balaban J connectivity index is 1.75. The fraction of sp³-hybridized carbons (Fsp3) is 0.760. The largest absolute Gasteiger partial charge is 0.397 e. The monoisotopic (exact) mass is 618 g/mol. The van der Waals surface area contributed by atoms with Crippen LogP contribution in [0.15, 0.2) is 11.6 Å². The Kier molecular flexibility index (Phi) is 11.3. The van der Waals surface area contributed by atoms with Crippen molar-refractivity contribution < 1.29 is 46.5 Å². The third-order valence-electron chi connectivity index (χ3n) is 8.05. The normalized spacial score (nSPS) is 27.3. The van der Waals surface area contributed by atoms with Crippen LogP contribution < -0.4 is 16.4 Å². The van der Waals surface area contributed by atoms with Gasteiger partial charge in [0.15, 0.2) is 12.1 Å². The van der Waals surface area contributed by atoms with Gasteiger partial charge in [0.2, 0.25) is 11.8 Å². The van der Waals surface area contributed by atoms with E-state index in [1.807, 2.05) is 6.08 Å². The van der Waals surface area contributed by atoms with Gasteiger partial charge >= 0.3 is 10.4 Å². The van der Waals surface area contributed by atoms with Crippen molar-refractivity contribution in [1.82, 2.24) is 20.4 Å². The summed E-state index contributed by atoms with van der Waals surface area (Å²) in [6, 6.07) is -2.64. The van der Waals surface area contributed by atoms with Crippen molar-refractivity contribution in [2.45, 2.75) is 76.0 Å². The minimum absolute atomic E-state index is 0.0352. The van der Waals surface area contributed by atoms with Gasteiger partial charge in [0.25, 0.3) is 5.91 Å². The van der Waals surface area contributed by atoms with Crippen LogP contribution >= 0.6 is 0 Å². The molecular formula is C25H42N6O10S. The number of nitrogens with one attached hydrogen (secondary N) is 3. The van der Waals surface area contributed by atoms with Gasteiger partial charge in [0.1, 0.15) is 18.7 Å². The summed E-state index contributed by atoms with van der Waals surface area (Å²) in [5.74, 6) is -2.62. The summed E-state index contributed by atoms with van der Waals surface area (Å²) in [4.78, 5) is 43.4. The molecule has 3 amide bonds. The molecule has 8 N–H and O–H groups in total. The van der Waals surface area contributed by atoms with E-state index >= 15 is 0 Å². The number of ether oxygens (including phenoxy) is 1. The first kappa shape index (κ1) is 33.7. The standard InChI is InChI=1S/C25H42N6O10S/c1-13(2)21(29-23(35)20(40-3)12-41-42(37,38)39)24(36)31-16-10-19(33)18(32)9-15(16)8-17(31)22(34)28-6-4-14-5-7-30(11-14)25(26)27/h5,13,15-21,32-33H,4,6-12H2,1-3H3,(H3,26,27)(H,28,34)(H,29,35)(H,37,38,39)/t15-,16+,17+,18+,19+,20-,21+/m1/s1. The van der Waals surface area contributed by atoms with Crippen LogP contribution in [0.2, 0.25) is 0 Å². The first-order valence-electron chi connectivity index (χ1n) is 13.8. The highest BCUT2D eigenvalue weighted by Gasteiger charge is 2.52. The maximum atomic E-state index is 14.0. The molecule has 2 heterocycles. The molecule has 1 saturated heterocycles. The van der Waals surface area contributed by atoms with E-state index in [1.165, 1.54) is 4.90 Å². The number of aliphatic hydroxyl groups is 2. The Hall–Kier alpha value is -2.83. The minimum Gasteiger partial charge on any atom is -0.390 e. The molecule has 0 bridgehead atoms. The van der Waals surface area contributed by atoms with E-state index in [4.69, 9.17) is 20.4 Å². The van der Waals surface area contributed by atoms with Crippen molar-refractivity contribution in [3.8, 4) is 0 Å². The molecule has 0 aromatic rings. The third-order valence-corrected chi connectivity index (χ3v) is 8.48. The van der Waals surface area contributed by atoms with E-state index in [2.05, 4.69) is 14.8 Å². The SMILES string of the molecule is CO[C@H](COS(=O)(=O)O)C(=O)N[C@H](C(=O)N1[C@H](C(=O)NCCC2=CCN(C(=N)N)C2)C[C@@H]2C[C@H](O)[C@@H](O)C[C@@H]21)C(C)C. The van der Waals surface area contributed by atoms with Crippen molar-refractivity contribution in [2.24, 2.45) is 17.6 Å². The Morgan fingerprint density at radius 3 is 2.43 bits per heavy atom. The fourth-order valence-corrected chi connectivity index (χ4v) is 6.05. The predicted octanol–water partition coefficient (Wildman–Crippen LogP) is -2.30. The average molecular weight is 619 g/mol. The molecule has 2 aliphatic heterocycles. The first-order valence-corrected chi connectivity index (χ1v) is 15.2. The van der Waals surface area contributed by atoms with Crippen molar-refractivity contribution >= 4 is 34.1 Å². The van der Waals surface area contributed by atoms with Gasteiger partial charge < -0.3 is 41.1 Å². The quantitative estimate of drug-likeness (QED) is 0.0529. The molecule has 0 unspecified atom stereocenters. The number of nitrogens with zero attached hydrogens (tertiary/aromatic N) is 2. The number of amides is 3. The fourth-order valence-electron chi connectivity index (χ4n) is 5.76. The van der Waals surface area contributed by atoms with Crippen LogP contribution in [0.4, 0.5) is 0 Å². The van der Waals surface area contributed by atoms with E-state index in [1.54, 1.807) is 18.7 Å². The van der Waals surface area contributed by atoms with Gasteiger partial charge in [-0.2, -0.15) is 8.42 Å². The number of hydrogen-bond donors (Lipinski definition) is 7. The van der Waals surface area contributed by atoms with Crippen molar-refractivity contribution in [2.75, 3.05) is 33.4 Å². The van der Waals surface area contributed by atoms with Gasteiger partial charge in [-0.05, 0) is 37.5 Å². The van der Waals surface area contributed by atoms with E-state index < -0.39 is 77.1 Å². The molecule has 42 heavy (non-hydrogen) atoms. The molecule has 17 heteroatoms. The lowest BCUT2D eigenvalue weighted by Crippen LogP contribution is -2.60. The number of guanidine groups is 1. The van der Waals surface area contributed by atoms with E-state index in [0.717, 1.165) is 12.7 Å². The van der Waals surface area contributed by atoms with Crippen LogP contribution in [-0.2, 0) is 33.7 Å². The maximum Gasteiger partial charge on any atom is 0.397 e. The lowest BCUT2D eigenvalue weighted by atomic mass is 9.81. The van der Waals surface area contributed by atoms with E-state index in [0.29, 0.717) is 19.5 Å². The molecule has 3 aliphatic rings. The molecule has 3 rings (SSSR count). The lowest BCUT2D eigenvalue weighted by molar-refractivity contribution is -0.148. The molecule has 0 radical (unpaired) electrons. The van der Waals surface area contributed by atoms with Crippen LogP contribution in [0.1, 0.15) is 39.5 Å². The summed E-state index contributed by atoms with van der Waals surface area (Å²) in [6.07, 6.45) is -0.577. The lowest BCUT2D eigenvalue weighted by Gasteiger charge is -2.39. The summed E-state index contributed by atoms with van der Waals surface area (Å²) in [6.45, 7) is 3.83. The number of carbonyl (C=O) groups is 3. The zero-order valence-electron chi connectivity index (χ0n) is 23.9. The van der Waals surface area contributed by atoms with Crippen LogP contribution in [-0.4, -0.2) is 126 Å². The zero-order chi connectivity index (χ0) is 31.4. The van der Waals surface area contributed by atoms with Crippen molar-refractivity contribution in [1.29, 1.82) is 5.41 Å². The molecule has 0 aromatic heterocycles. The number of rotatable bonds is 12. The number of nitrogens with two attached hydrogens (primary N) is 1. The number of methoxy groups -OCH3 is 1. The topological polar surface area (TPSA) is 245 Å². The number of hydrogen-bond acceptors (Lipinski definition) is 10. The highest BCUT2D eigenvalue weighted by Crippen LogP contribution is 2.40. The second-order valence-corrected chi connectivity index (χ2v) is 12.4. The van der Waals surface area contributed by atoms with Crippen LogP contribution in [0.25, 0.3) is 0 Å². The Morgan fingerprint density at radius 2 is 1.86 bits per heavy atom. The van der Waals surface area contributed by atoms with Gasteiger partial charge in [0.05, 0.1) is 12.2 Å². The number of fused-ring (bicyclic) bond motifs is 1. The van der Waals surface area contributed by atoms with Crippen LogP contribution in [0, 0.1) is 17.2 Å². The van der Waals surface area contributed by atoms with Gasteiger partial charge in [-0.25, -0.2) is 4.18 Å². The summed E-state index contributed by atoms with van der Waals surface area (Å²) in [5.41, 5.74) is 6.54. The molecule has 238 valence electrons. The second kappa shape index (κ2) is 14.1. The average Bonchev–Trinajstić information content (AvgIpc) is 3.52. The van der Waals surface area contributed by atoms with Gasteiger partial charge in [-0.15, -0.1) is 0 Å². The summed E-state index contributed by atoms with van der Waals surface area (Å²) in [7, 11) is -3.71. The van der Waals surface area contributed by atoms with Gasteiger partial charge in [-0.3, -0.25) is 24.3 Å². The van der Waals surface area contributed by atoms with Crippen LogP contribution in [0.3, 0.4) is 0 Å². The third kappa shape index (κ3) is 8.38. The molecule has 0 aromatic carbocycles. The maximum absolute atomic E-state index is 14.0. The number of aliphatic hydroxyl groups excluding tert-OH is 2. The molecule has 7 atom stereocenters. The van der Waals surface area contributed by atoms with Crippen molar-refractivity contribution in [3.05, 3.63) is 11.6 Å². The Morgan fingerprint density at radius 1 is 1.19 bits per heavy atom. The number of carbonyl (C=O) groups excluding carboxylic acids is 3. The van der Waals surface area contributed by atoms with E-state index in [9.17, 15) is 33.0 Å². The minimum atomic E-state index is -4.84. The Bertz CT molecular complexity index is 1160. The van der Waals surface area contributed by atoms with E-state index in [-0.39, 0.29) is 37.7 Å². The van der Waals surface area contributed by atoms with Gasteiger partial charge in [-0.1, -0.05) is 25.5 Å². The highest BCUT2D eigenvalue weighted by molar-refractivity contribution is 7.80. The van der Waals surface area contributed by atoms with Crippen molar-refractivity contribution in [3.63, 3.8) is 0 Å². The summed E-state index contributed by atoms with van der Waals surface area (Å²) >= 11 is 0. The smallest absolute Gasteiger partial charge is 0.390 e. The predicted molar refractivity (Wildman–Crippen MR) is 148 cm³/mol. The molecule has 2 fully saturated rings. The molecule has 0 spiro atoms. The molecule has 1 saturated carbocycles. The zero-order valence-corrected chi connectivity index (χ0v) is 24.7. The summed E-state index contributed by atoms with van der Waals surface area (Å²) < 4.78 is 40.0. The number of likely N-dealkylation sites (tertiary alicyclic amines) is 1.